The summed E-state index contributed by atoms with van der Waals surface area (Å²) in [6.07, 6.45) is 0.629. The summed E-state index contributed by atoms with van der Waals surface area (Å²) < 4.78 is 5.38. The van der Waals surface area contributed by atoms with Crippen molar-refractivity contribution in [2.75, 3.05) is 20.2 Å². The topological polar surface area (TPSA) is 46.6 Å². The van der Waals surface area contributed by atoms with Gasteiger partial charge in [0.2, 0.25) is 0 Å². The summed E-state index contributed by atoms with van der Waals surface area (Å²) in [6, 6.07) is 5.22. The average Bonchev–Trinajstić information content (AvgIpc) is 2.90. The molecule has 2 rings (SSSR count). The smallest absolute Gasteiger partial charge is 0.310 e. The zero-order valence-corrected chi connectivity index (χ0v) is 12.7. The molecule has 1 atom stereocenters. The van der Waals surface area contributed by atoms with Gasteiger partial charge in [-0.05, 0) is 34.5 Å². The van der Waals surface area contributed by atoms with Crippen LogP contribution in [0.3, 0.4) is 0 Å². The van der Waals surface area contributed by atoms with E-state index in [1.165, 1.54) is 7.11 Å². The summed E-state index contributed by atoms with van der Waals surface area (Å²) in [4.78, 5) is 25.4. The Morgan fingerprint density at radius 1 is 1.47 bits per heavy atom. The Labute approximate surface area is 124 Å². The van der Waals surface area contributed by atoms with Crippen LogP contribution in [0.15, 0.2) is 22.7 Å². The van der Waals surface area contributed by atoms with Gasteiger partial charge in [-0.2, -0.15) is 0 Å². The molecule has 4 nitrogen and oxygen atoms in total. The molecule has 1 aromatic carbocycles. The van der Waals surface area contributed by atoms with Crippen molar-refractivity contribution in [3.63, 3.8) is 0 Å². The molecule has 102 valence electrons. The van der Waals surface area contributed by atoms with E-state index in [0.29, 0.717) is 34.6 Å². The van der Waals surface area contributed by atoms with Crippen molar-refractivity contribution >= 4 is 39.4 Å². The first-order valence-electron chi connectivity index (χ1n) is 5.85. The van der Waals surface area contributed by atoms with Crippen LogP contribution in [0.4, 0.5) is 0 Å². The molecule has 1 aromatic rings. The van der Waals surface area contributed by atoms with Gasteiger partial charge in [-0.3, -0.25) is 9.59 Å². The second-order valence-corrected chi connectivity index (χ2v) is 5.59. The van der Waals surface area contributed by atoms with E-state index in [0.717, 1.165) is 0 Å². The summed E-state index contributed by atoms with van der Waals surface area (Å²) in [5.41, 5.74) is 0.446. The van der Waals surface area contributed by atoms with Gasteiger partial charge in [0.1, 0.15) is 0 Å². The molecule has 6 heteroatoms. The number of esters is 1. The predicted octanol–water partition coefficient (Wildman–Crippen LogP) is 2.74. The first-order chi connectivity index (χ1) is 9.04. The molecule has 0 spiro atoms. The molecule has 1 amide bonds. The Morgan fingerprint density at radius 2 is 2.21 bits per heavy atom. The van der Waals surface area contributed by atoms with Crippen molar-refractivity contribution in [2.24, 2.45) is 5.92 Å². The molecular formula is C13H13BrClNO3. The van der Waals surface area contributed by atoms with E-state index in [4.69, 9.17) is 16.3 Å². The first kappa shape index (κ1) is 14.3. The number of rotatable bonds is 2. The fourth-order valence-electron chi connectivity index (χ4n) is 2.14. The van der Waals surface area contributed by atoms with Crippen LogP contribution >= 0.6 is 27.5 Å². The number of carbonyl (C=O) groups excluding carboxylic acids is 2. The molecule has 1 unspecified atom stereocenters. The van der Waals surface area contributed by atoms with E-state index < -0.39 is 0 Å². The molecule has 19 heavy (non-hydrogen) atoms. The van der Waals surface area contributed by atoms with Crippen molar-refractivity contribution in [2.45, 2.75) is 6.42 Å². The maximum atomic E-state index is 12.3. The van der Waals surface area contributed by atoms with E-state index >= 15 is 0 Å². The van der Waals surface area contributed by atoms with Crippen molar-refractivity contribution in [3.05, 3.63) is 33.3 Å². The molecular weight excluding hydrogens is 334 g/mol. The van der Waals surface area contributed by atoms with Gasteiger partial charge in [-0.15, -0.1) is 0 Å². The lowest BCUT2D eigenvalue weighted by Gasteiger charge is -2.17. The molecule has 0 N–H and O–H groups in total. The predicted molar refractivity (Wildman–Crippen MR) is 75.2 cm³/mol. The lowest BCUT2D eigenvalue weighted by molar-refractivity contribution is -0.144. The zero-order valence-electron chi connectivity index (χ0n) is 10.4. The maximum Gasteiger partial charge on any atom is 0.310 e. The quantitative estimate of drug-likeness (QED) is 0.774. The Balaban J connectivity index is 2.14. The van der Waals surface area contributed by atoms with E-state index in [2.05, 4.69) is 15.9 Å². The Bertz CT molecular complexity index is 521. The highest BCUT2D eigenvalue weighted by Gasteiger charge is 2.32. The second kappa shape index (κ2) is 5.92. The van der Waals surface area contributed by atoms with Crippen molar-refractivity contribution in [1.29, 1.82) is 0 Å². The van der Waals surface area contributed by atoms with Crippen molar-refractivity contribution < 1.29 is 14.3 Å². The third-order valence-electron chi connectivity index (χ3n) is 3.19. The summed E-state index contributed by atoms with van der Waals surface area (Å²) in [5.74, 6) is -0.659. The van der Waals surface area contributed by atoms with Gasteiger partial charge >= 0.3 is 5.97 Å². The van der Waals surface area contributed by atoms with Crippen LogP contribution in [-0.4, -0.2) is 37.0 Å². The monoisotopic (exact) mass is 345 g/mol. The number of halogens is 2. The number of ether oxygens (including phenoxy) is 1. The maximum absolute atomic E-state index is 12.3. The van der Waals surface area contributed by atoms with Crippen LogP contribution in [0.5, 0.6) is 0 Å². The molecule has 0 aliphatic carbocycles. The number of hydrogen-bond acceptors (Lipinski definition) is 3. The van der Waals surface area contributed by atoms with Crippen molar-refractivity contribution in [3.8, 4) is 0 Å². The summed E-state index contributed by atoms with van der Waals surface area (Å²) >= 11 is 9.40. The summed E-state index contributed by atoms with van der Waals surface area (Å²) in [7, 11) is 1.36. The molecule has 0 bridgehead atoms. The average molecular weight is 347 g/mol. The third-order valence-corrected chi connectivity index (χ3v) is 4.49. The van der Waals surface area contributed by atoms with Gasteiger partial charge in [-0.25, -0.2) is 0 Å². The normalized spacial score (nSPS) is 18.5. The Kier molecular flexibility index (Phi) is 4.47. The van der Waals surface area contributed by atoms with Gasteiger partial charge in [0.15, 0.2) is 0 Å². The van der Waals surface area contributed by atoms with E-state index in [1.807, 2.05) is 0 Å². The zero-order chi connectivity index (χ0) is 14.0. The van der Waals surface area contributed by atoms with Crippen LogP contribution in [0.2, 0.25) is 5.02 Å². The first-order valence-corrected chi connectivity index (χ1v) is 7.02. The number of nitrogens with zero attached hydrogens (tertiary/aromatic N) is 1. The Morgan fingerprint density at radius 3 is 2.89 bits per heavy atom. The SMILES string of the molecule is COC(=O)C1CCN(C(=O)c2cccc(Br)c2Cl)C1. The van der Waals surface area contributed by atoms with E-state index in [-0.39, 0.29) is 17.8 Å². The largest absolute Gasteiger partial charge is 0.469 e. The number of carbonyl (C=O) groups is 2. The molecule has 0 radical (unpaired) electrons. The van der Waals surface area contributed by atoms with Crippen LogP contribution < -0.4 is 0 Å². The van der Waals surface area contributed by atoms with Crippen LogP contribution in [-0.2, 0) is 9.53 Å². The standard InChI is InChI=1S/C13H13BrClNO3/c1-19-13(18)8-5-6-16(7-8)12(17)9-3-2-4-10(14)11(9)15/h2-4,8H,5-7H2,1H3. The van der Waals surface area contributed by atoms with E-state index in [1.54, 1.807) is 23.1 Å². The summed E-state index contributed by atoms with van der Waals surface area (Å²) in [6.45, 7) is 0.926. The molecule has 0 saturated carbocycles. The highest BCUT2D eigenvalue weighted by Crippen LogP contribution is 2.28. The van der Waals surface area contributed by atoms with E-state index in [9.17, 15) is 9.59 Å². The lowest BCUT2D eigenvalue weighted by Crippen LogP contribution is -2.30. The van der Waals surface area contributed by atoms with Gasteiger partial charge in [0, 0.05) is 17.6 Å². The van der Waals surface area contributed by atoms with Crippen LogP contribution in [0.25, 0.3) is 0 Å². The van der Waals surface area contributed by atoms with Gasteiger partial charge in [0.05, 0.1) is 23.6 Å². The fraction of sp³-hybridized carbons (Fsp3) is 0.385. The fourth-order valence-corrected chi connectivity index (χ4v) is 2.72. The molecule has 0 aromatic heterocycles. The minimum absolute atomic E-state index is 0.155. The molecule has 1 aliphatic heterocycles. The number of methoxy groups -OCH3 is 1. The molecule has 1 heterocycles. The van der Waals surface area contributed by atoms with Crippen LogP contribution in [0, 0.1) is 5.92 Å². The van der Waals surface area contributed by atoms with Gasteiger partial charge in [0.25, 0.3) is 5.91 Å². The number of amides is 1. The highest BCUT2D eigenvalue weighted by atomic mass is 79.9. The highest BCUT2D eigenvalue weighted by molar-refractivity contribution is 9.10. The Hall–Kier alpha value is -1.07. The van der Waals surface area contributed by atoms with Crippen molar-refractivity contribution in [1.82, 2.24) is 4.90 Å². The molecule has 1 saturated heterocycles. The second-order valence-electron chi connectivity index (χ2n) is 4.36. The van der Waals surface area contributed by atoms with Crippen LogP contribution in [0.1, 0.15) is 16.8 Å². The number of hydrogen-bond donors (Lipinski definition) is 0. The molecule has 1 fully saturated rings. The minimum atomic E-state index is -0.268. The van der Waals surface area contributed by atoms with Gasteiger partial charge in [-0.1, -0.05) is 17.7 Å². The summed E-state index contributed by atoms with van der Waals surface area (Å²) in [5, 5.41) is 0.397. The molecule has 1 aliphatic rings. The third kappa shape index (κ3) is 2.92. The lowest BCUT2D eigenvalue weighted by atomic mass is 10.1. The minimum Gasteiger partial charge on any atom is -0.469 e. The number of likely N-dealkylation sites (tertiary alicyclic amines) is 1. The number of benzene rings is 1. The van der Waals surface area contributed by atoms with Gasteiger partial charge < -0.3 is 9.64 Å².